The summed E-state index contributed by atoms with van der Waals surface area (Å²) in [5, 5.41) is 3.92. The van der Waals surface area contributed by atoms with E-state index in [-0.39, 0.29) is 0 Å². The fourth-order valence-electron chi connectivity index (χ4n) is 2.30. The number of aryl methyl sites for hydroxylation is 1. The monoisotopic (exact) mass is 304 g/mol. The summed E-state index contributed by atoms with van der Waals surface area (Å²) in [6.07, 6.45) is 3.74. The first-order chi connectivity index (χ1) is 10.2. The molecule has 0 bridgehead atoms. The molecule has 1 aromatic heterocycles. The van der Waals surface area contributed by atoms with Crippen molar-refractivity contribution in [2.75, 3.05) is 12.1 Å². The van der Waals surface area contributed by atoms with E-state index in [1.807, 2.05) is 12.1 Å². The molecule has 21 heavy (non-hydrogen) atoms. The first-order valence-corrected chi connectivity index (χ1v) is 7.35. The number of rotatable bonds is 5. The number of hydrogen-bond donors (Lipinski definition) is 1. The van der Waals surface area contributed by atoms with Crippen molar-refractivity contribution in [3.63, 3.8) is 0 Å². The van der Waals surface area contributed by atoms with Gasteiger partial charge in [0.05, 0.1) is 11.9 Å². The van der Waals surface area contributed by atoms with Crippen LogP contribution in [0.25, 0.3) is 0 Å². The number of benzene rings is 1. The molecule has 0 spiro atoms. The largest absolute Gasteiger partial charge is 0.454 e. The lowest BCUT2D eigenvalue weighted by Crippen LogP contribution is -2.16. The van der Waals surface area contributed by atoms with Gasteiger partial charge in [0.1, 0.15) is 5.15 Å². The Balaban J connectivity index is 1.53. The van der Waals surface area contributed by atoms with Gasteiger partial charge in [0.2, 0.25) is 6.79 Å². The Morgan fingerprint density at radius 1 is 1.24 bits per heavy atom. The summed E-state index contributed by atoms with van der Waals surface area (Å²) in [4.78, 5) is 4.06. The number of fused-ring (bicyclic) bond motifs is 1. The van der Waals surface area contributed by atoms with Crippen LogP contribution in [0.4, 0.5) is 5.69 Å². The summed E-state index contributed by atoms with van der Waals surface area (Å²) < 4.78 is 10.7. The fourth-order valence-corrected chi connectivity index (χ4v) is 2.41. The molecule has 3 rings (SSSR count). The summed E-state index contributed by atoms with van der Waals surface area (Å²) in [5.74, 6) is 1.67. The molecule has 5 heteroatoms. The number of pyridine rings is 1. The summed E-state index contributed by atoms with van der Waals surface area (Å²) in [7, 11) is 0. The Labute approximate surface area is 129 Å². The van der Waals surface area contributed by atoms with Gasteiger partial charge < -0.3 is 14.8 Å². The zero-order chi connectivity index (χ0) is 14.7. The number of nitrogens with one attached hydrogen (secondary N) is 1. The Kier molecular flexibility index (Phi) is 4.15. The first-order valence-electron chi connectivity index (χ1n) is 6.97. The van der Waals surface area contributed by atoms with Gasteiger partial charge >= 0.3 is 0 Å². The predicted molar refractivity (Wildman–Crippen MR) is 83.2 cm³/mol. The standard InChI is InChI=1S/C16H17ClN2O2/c1-11(19-13-5-7-16(17)18-9-13)2-3-12-4-6-14-15(8-12)21-10-20-14/h4-9,11,19H,2-3,10H2,1H3. The summed E-state index contributed by atoms with van der Waals surface area (Å²) in [6, 6.07) is 10.2. The maximum absolute atomic E-state index is 5.77. The van der Waals surface area contributed by atoms with Crippen molar-refractivity contribution < 1.29 is 9.47 Å². The van der Waals surface area contributed by atoms with Gasteiger partial charge in [-0.15, -0.1) is 0 Å². The highest BCUT2D eigenvalue weighted by atomic mass is 35.5. The number of hydrogen-bond acceptors (Lipinski definition) is 4. The third-order valence-corrected chi connectivity index (χ3v) is 3.67. The Morgan fingerprint density at radius 3 is 2.90 bits per heavy atom. The lowest BCUT2D eigenvalue weighted by molar-refractivity contribution is 0.174. The van der Waals surface area contributed by atoms with Gasteiger partial charge in [-0.05, 0) is 49.6 Å². The van der Waals surface area contributed by atoms with E-state index >= 15 is 0 Å². The Hall–Kier alpha value is -1.94. The van der Waals surface area contributed by atoms with E-state index in [2.05, 4.69) is 29.4 Å². The van der Waals surface area contributed by atoms with Gasteiger partial charge in [-0.1, -0.05) is 17.7 Å². The molecule has 110 valence electrons. The van der Waals surface area contributed by atoms with E-state index in [4.69, 9.17) is 21.1 Å². The van der Waals surface area contributed by atoms with E-state index in [1.165, 1.54) is 5.56 Å². The number of nitrogens with zero attached hydrogens (tertiary/aromatic N) is 1. The van der Waals surface area contributed by atoms with Gasteiger partial charge in [-0.2, -0.15) is 0 Å². The van der Waals surface area contributed by atoms with Gasteiger partial charge in [-0.3, -0.25) is 0 Å². The second kappa shape index (κ2) is 6.22. The zero-order valence-electron chi connectivity index (χ0n) is 11.8. The van der Waals surface area contributed by atoms with Gasteiger partial charge in [0.25, 0.3) is 0 Å². The molecule has 1 aliphatic heterocycles. The number of ether oxygens (including phenoxy) is 2. The lowest BCUT2D eigenvalue weighted by Gasteiger charge is -2.15. The van der Waals surface area contributed by atoms with Crippen molar-refractivity contribution in [3.05, 3.63) is 47.2 Å². The van der Waals surface area contributed by atoms with E-state index in [0.717, 1.165) is 30.0 Å². The molecule has 0 saturated carbocycles. The quantitative estimate of drug-likeness (QED) is 0.851. The molecule has 0 radical (unpaired) electrons. The number of anilines is 1. The van der Waals surface area contributed by atoms with Gasteiger partial charge in [0, 0.05) is 6.04 Å². The van der Waals surface area contributed by atoms with Crippen molar-refractivity contribution in [2.24, 2.45) is 0 Å². The topological polar surface area (TPSA) is 43.4 Å². The van der Waals surface area contributed by atoms with Crippen LogP contribution in [-0.4, -0.2) is 17.8 Å². The fraction of sp³-hybridized carbons (Fsp3) is 0.312. The minimum atomic E-state index is 0.320. The number of aromatic nitrogens is 1. The van der Waals surface area contributed by atoms with Crippen LogP contribution < -0.4 is 14.8 Å². The van der Waals surface area contributed by atoms with Crippen LogP contribution in [0.3, 0.4) is 0 Å². The number of halogens is 1. The third kappa shape index (κ3) is 3.58. The Bertz CT molecular complexity index is 616. The second-order valence-corrected chi connectivity index (χ2v) is 5.53. The van der Waals surface area contributed by atoms with Crippen molar-refractivity contribution in [3.8, 4) is 11.5 Å². The van der Waals surface area contributed by atoms with Crippen molar-refractivity contribution in [1.29, 1.82) is 0 Å². The van der Waals surface area contributed by atoms with E-state index in [1.54, 1.807) is 12.3 Å². The molecule has 0 saturated heterocycles. The van der Waals surface area contributed by atoms with E-state index < -0.39 is 0 Å². The maximum Gasteiger partial charge on any atom is 0.231 e. The highest BCUT2D eigenvalue weighted by Gasteiger charge is 2.13. The molecular weight excluding hydrogens is 288 g/mol. The summed E-state index contributed by atoms with van der Waals surface area (Å²) in [5.41, 5.74) is 2.24. The predicted octanol–water partition coefficient (Wildman–Crippen LogP) is 3.90. The summed E-state index contributed by atoms with van der Waals surface area (Å²) in [6.45, 7) is 2.47. The molecule has 0 aliphatic carbocycles. The Morgan fingerprint density at radius 2 is 2.10 bits per heavy atom. The van der Waals surface area contributed by atoms with Crippen LogP contribution in [0.5, 0.6) is 11.5 Å². The minimum Gasteiger partial charge on any atom is -0.454 e. The van der Waals surface area contributed by atoms with Crippen LogP contribution >= 0.6 is 11.6 Å². The average molecular weight is 305 g/mol. The molecule has 0 fully saturated rings. The molecule has 4 nitrogen and oxygen atoms in total. The normalized spacial score (nSPS) is 14.0. The molecule has 1 aromatic carbocycles. The van der Waals surface area contributed by atoms with Crippen LogP contribution in [0.2, 0.25) is 5.15 Å². The van der Waals surface area contributed by atoms with Crippen LogP contribution in [0.15, 0.2) is 36.5 Å². The smallest absolute Gasteiger partial charge is 0.231 e. The SMILES string of the molecule is CC(CCc1ccc2c(c1)OCO2)Nc1ccc(Cl)nc1. The molecule has 2 aromatic rings. The van der Waals surface area contributed by atoms with Gasteiger partial charge in [0.15, 0.2) is 11.5 Å². The van der Waals surface area contributed by atoms with Crippen LogP contribution in [0.1, 0.15) is 18.9 Å². The van der Waals surface area contributed by atoms with Crippen LogP contribution in [-0.2, 0) is 6.42 Å². The zero-order valence-corrected chi connectivity index (χ0v) is 12.6. The molecule has 2 heterocycles. The van der Waals surface area contributed by atoms with Crippen molar-refractivity contribution >= 4 is 17.3 Å². The van der Waals surface area contributed by atoms with E-state index in [9.17, 15) is 0 Å². The molecule has 1 aliphatic rings. The highest BCUT2D eigenvalue weighted by molar-refractivity contribution is 6.29. The molecule has 1 unspecified atom stereocenters. The minimum absolute atomic E-state index is 0.320. The summed E-state index contributed by atoms with van der Waals surface area (Å²) >= 11 is 5.77. The van der Waals surface area contributed by atoms with Gasteiger partial charge in [-0.25, -0.2) is 4.98 Å². The average Bonchev–Trinajstić information content (AvgIpc) is 2.95. The van der Waals surface area contributed by atoms with Crippen molar-refractivity contribution in [1.82, 2.24) is 4.98 Å². The lowest BCUT2D eigenvalue weighted by atomic mass is 10.1. The highest BCUT2D eigenvalue weighted by Crippen LogP contribution is 2.32. The molecule has 1 N–H and O–H groups in total. The van der Waals surface area contributed by atoms with Crippen LogP contribution in [0, 0.1) is 0 Å². The molecule has 1 atom stereocenters. The molecule has 0 amide bonds. The van der Waals surface area contributed by atoms with E-state index in [0.29, 0.717) is 18.0 Å². The first kappa shape index (κ1) is 14.0. The van der Waals surface area contributed by atoms with Crippen molar-refractivity contribution in [2.45, 2.75) is 25.8 Å². The maximum atomic E-state index is 5.77. The molecular formula is C16H17ClN2O2. The second-order valence-electron chi connectivity index (χ2n) is 5.14. The third-order valence-electron chi connectivity index (χ3n) is 3.44.